The van der Waals surface area contributed by atoms with Crippen LogP contribution in [0.2, 0.25) is 0 Å². The lowest BCUT2D eigenvalue weighted by Gasteiger charge is -1.93. The van der Waals surface area contributed by atoms with Crippen molar-refractivity contribution >= 4 is 12.1 Å². The second kappa shape index (κ2) is 17.7. The summed E-state index contributed by atoms with van der Waals surface area (Å²) in [5.41, 5.74) is 0. The molecule has 0 amide bonds. The van der Waals surface area contributed by atoms with E-state index >= 15 is 0 Å². The maximum absolute atomic E-state index is 10.5. The summed E-state index contributed by atoms with van der Waals surface area (Å²) in [5.74, 6) is -0.0255. The van der Waals surface area contributed by atoms with Gasteiger partial charge in [-0.25, -0.2) is 4.79 Å². The number of cyclic esters (lactones) is 1. The Labute approximate surface area is 119 Å². The number of carboxylic acid groups (broad SMARTS) is 2. The van der Waals surface area contributed by atoms with Crippen molar-refractivity contribution < 1.29 is 34.8 Å². The number of carbonyl (C=O) groups excluding carboxylic acids is 1. The molecule has 1 heterocycles. The van der Waals surface area contributed by atoms with Crippen molar-refractivity contribution in [3.8, 4) is 0 Å². The maximum atomic E-state index is 10.5. The smallest absolute Gasteiger partial charge is 0.466 e. The van der Waals surface area contributed by atoms with Crippen molar-refractivity contribution in [2.24, 2.45) is 0 Å². The monoisotopic (exact) mass is 294 g/mol. The highest BCUT2D eigenvalue weighted by atomic mass is 16.6. The molecule has 1 fully saturated rings. The molecule has 0 aromatic heterocycles. The van der Waals surface area contributed by atoms with E-state index < -0.39 is 6.16 Å². The van der Waals surface area contributed by atoms with E-state index in [2.05, 4.69) is 0 Å². The lowest BCUT2D eigenvalue weighted by atomic mass is 10.2. The predicted molar refractivity (Wildman–Crippen MR) is 72.7 cm³/mol. The number of hydrogen-bond acceptors (Lipinski definition) is 5. The zero-order valence-corrected chi connectivity index (χ0v) is 11.8. The zero-order chi connectivity index (χ0) is 15.6. The largest absolute Gasteiger partial charge is 0.503 e. The molecule has 0 radical (unpaired) electrons. The van der Waals surface area contributed by atoms with E-state index in [1.807, 2.05) is 0 Å². The van der Waals surface area contributed by atoms with Gasteiger partial charge in [0.15, 0.2) is 0 Å². The molecular weight excluding hydrogens is 268 g/mol. The molecule has 0 aromatic rings. The Balaban J connectivity index is 0. The molecule has 0 spiro atoms. The second-order valence-corrected chi connectivity index (χ2v) is 4.18. The number of aliphatic hydroxyl groups excluding tert-OH is 2. The van der Waals surface area contributed by atoms with Gasteiger partial charge in [0.1, 0.15) is 0 Å². The summed E-state index contributed by atoms with van der Waals surface area (Å²) < 4.78 is 4.76. The minimum Gasteiger partial charge on any atom is -0.466 e. The highest BCUT2D eigenvalue weighted by molar-refractivity contribution is 5.69. The van der Waals surface area contributed by atoms with Crippen LogP contribution in [0.5, 0.6) is 0 Å². The summed E-state index contributed by atoms with van der Waals surface area (Å²) in [7, 11) is 0. The Morgan fingerprint density at radius 3 is 1.90 bits per heavy atom. The quantitative estimate of drug-likeness (QED) is 0.450. The van der Waals surface area contributed by atoms with E-state index in [9.17, 15) is 4.79 Å². The molecular formula is C13H26O7. The summed E-state index contributed by atoms with van der Waals surface area (Å²) in [5, 5.41) is 30.6. The molecule has 120 valence electrons. The molecule has 0 saturated carbocycles. The lowest BCUT2D eigenvalue weighted by molar-refractivity contribution is -0.142. The van der Waals surface area contributed by atoms with Gasteiger partial charge in [-0.2, -0.15) is 0 Å². The summed E-state index contributed by atoms with van der Waals surface area (Å²) in [6, 6.07) is 0. The second-order valence-electron chi connectivity index (χ2n) is 4.18. The fraction of sp³-hybridized carbons (Fsp3) is 0.846. The number of carbonyl (C=O) groups is 2. The van der Waals surface area contributed by atoms with Gasteiger partial charge in [0, 0.05) is 19.6 Å². The minimum atomic E-state index is -1.83. The number of ether oxygens (including phenoxy) is 1. The van der Waals surface area contributed by atoms with Crippen molar-refractivity contribution in [1.82, 2.24) is 0 Å². The van der Waals surface area contributed by atoms with Gasteiger partial charge in [-0.3, -0.25) is 4.79 Å². The molecule has 0 aliphatic carbocycles. The fourth-order valence-electron chi connectivity index (χ4n) is 1.38. The minimum absolute atomic E-state index is 0.0255. The Morgan fingerprint density at radius 2 is 1.45 bits per heavy atom. The third-order valence-electron chi connectivity index (χ3n) is 2.35. The number of rotatable bonds is 5. The van der Waals surface area contributed by atoms with Gasteiger partial charge >= 0.3 is 12.1 Å². The number of hydrogen-bond donors (Lipinski definition) is 4. The van der Waals surface area contributed by atoms with Crippen LogP contribution in [0.3, 0.4) is 0 Å². The molecule has 0 aromatic carbocycles. The highest BCUT2D eigenvalue weighted by Crippen LogP contribution is 2.06. The van der Waals surface area contributed by atoms with Gasteiger partial charge in [-0.05, 0) is 32.1 Å². The van der Waals surface area contributed by atoms with Crippen molar-refractivity contribution in [2.45, 2.75) is 51.4 Å². The van der Waals surface area contributed by atoms with E-state index in [1.54, 1.807) is 0 Å². The average Bonchev–Trinajstić information content (AvgIpc) is 2.63. The third-order valence-corrected chi connectivity index (χ3v) is 2.35. The molecule has 4 N–H and O–H groups in total. The standard InChI is InChI=1S/C6H10O2.C6H14O2.CH2O3/c7-6-4-2-1-3-5-8-6;7-5-3-1-2-4-6-8;2-1(3)4/h1-5H2;7-8H,1-6H2;(H2,2,3,4). The molecule has 0 unspecified atom stereocenters. The van der Waals surface area contributed by atoms with Crippen molar-refractivity contribution in [2.75, 3.05) is 19.8 Å². The molecule has 0 atom stereocenters. The fourth-order valence-corrected chi connectivity index (χ4v) is 1.38. The topological polar surface area (TPSA) is 124 Å². The Kier molecular flexibility index (Phi) is 18.5. The van der Waals surface area contributed by atoms with Crippen LogP contribution in [0.1, 0.15) is 51.4 Å². The first kappa shape index (κ1) is 21.0. The van der Waals surface area contributed by atoms with Gasteiger partial charge in [0.2, 0.25) is 0 Å². The molecule has 0 bridgehead atoms. The normalized spacial score (nSPS) is 13.8. The van der Waals surface area contributed by atoms with Crippen LogP contribution in [-0.4, -0.2) is 52.4 Å². The molecule has 20 heavy (non-hydrogen) atoms. The summed E-state index contributed by atoms with van der Waals surface area (Å²) in [6.07, 6.45) is 5.82. The van der Waals surface area contributed by atoms with Crippen LogP contribution in [0, 0.1) is 0 Å². The van der Waals surface area contributed by atoms with E-state index in [-0.39, 0.29) is 19.2 Å². The van der Waals surface area contributed by atoms with Gasteiger partial charge in [-0.15, -0.1) is 0 Å². The summed E-state index contributed by atoms with van der Waals surface area (Å²) >= 11 is 0. The number of unbranched alkanes of at least 4 members (excludes halogenated alkanes) is 3. The van der Waals surface area contributed by atoms with E-state index in [4.69, 9.17) is 30.0 Å². The number of esters is 1. The Morgan fingerprint density at radius 1 is 0.950 bits per heavy atom. The van der Waals surface area contributed by atoms with Crippen LogP contribution < -0.4 is 0 Å². The molecule has 7 nitrogen and oxygen atoms in total. The molecule has 1 saturated heterocycles. The van der Waals surface area contributed by atoms with Crippen LogP contribution in [-0.2, 0) is 9.53 Å². The van der Waals surface area contributed by atoms with Crippen LogP contribution >= 0.6 is 0 Å². The Hall–Kier alpha value is -1.34. The lowest BCUT2D eigenvalue weighted by Crippen LogP contribution is -2.00. The van der Waals surface area contributed by atoms with Gasteiger partial charge < -0.3 is 25.2 Å². The Bertz CT molecular complexity index is 211. The summed E-state index contributed by atoms with van der Waals surface area (Å²) in [6.45, 7) is 1.20. The zero-order valence-electron chi connectivity index (χ0n) is 11.8. The summed E-state index contributed by atoms with van der Waals surface area (Å²) in [4.78, 5) is 19.0. The van der Waals surface area contributed by atoms with Crippen LogP contribution in [0.15, 0.2) is 0 Å². The van der Waals surface area contributed by atoms with Crippen molar-refractivity contribution in [3.63, 3.8) is 0 Å². The van der Waals surface area contributed by atoms with Crippen LogP contribution in [0.4, 0.5) is 4.79 Å². The van der Waals surface area contributed by atoms with Crippen molar-refractivity contribution in [3.05, 3.63) is 0 Å². The molecule has 7 heteroatoms. The molecule has 1 rings (SSSR count). The van der Waals surface area contributed by atoms with Gasteiger partial charge in [0.25, 0.3) is 0 Å². The first-order chi connectivity index (χ1) is 9.54. The van der Waals surface area contributed by atoms with E-state index in [1.165, 1.54) is 0 Å². The van der Waals surface area contributed by atoms with E-state index in [0.717, 1.165) is 44.9 Å². The van der Waals surface area contributed by atoms with Gasteiger partial charge in [0.05, 0.1) is 6.61 Å². The van der Waals surface area contributed by atoms with Crippen molar-refractivity contribution in [1.29, 1.82) is 0 Å². The third kappa shape index (κ3) is 25.5. The SMILES string of the molecule is O=C(O)O.O=C1CCCCCO1.OCCCCCCO. The predicted octanol–water partition coefficient (Wildman–Crippen LogP) is 1.86. The highest BCUT2D eigenvalue weighted by Gasteiger charge is 2.05. The first-order valence-electron chi connectivity index (χ1n) is 6.83. The number of aliphatic hydroxyl groups is 2. The first-order valence-corrected chi connectivity index (χ1v) is 6.83. The maximum Gasteiger partial charge on any atom is 0.503 e. The van der Waals surface area contributed by atoms with E-state index in [0.29, 0.717) is 13.0 Å². The molecule has 1 aliphatic rings. The molecule has 1 aliphatic heterocycles. The van der Waals surface area contributed by atoms with Gasteiger partial charge in [-0.1, -0.05) is 12.8 Å². The average molecular weight is 294 g/mol. The van der Waals surface area contributed by atoms with Crippen LogP contribution in [0.25, 0.3) is 0 Å².